The molecule has 0 aromatic heterocycles. The van der Waals surface area contributed by atoms with E-state index in [2.05, 4.69) is 5.32 Å². The van der Waals surface area contributed by atoms with Crippen LogP contribution in [0.15, 0.2) is 18.2 Å². The highest BCUT2D eigenvalue weighted by atomic mass is 19.4. The molecule has 0 unspecified atom stereocenters. The minimum Gasteiger partial charge on any atom is -0.507 e. The number of alkyl halides is 3. The van der Waals surface area contributed by atoms with Crippen LogP contribution >= 0.6 is 0 Å². The number of benzene rings is 1. The van der Waals surface area contributed by atoms with E-state index in [9.17, 15) is 18.0 Å². The predicted octanol–water partition coefficient (Wildman–Crippen LogP) is 3.44. The number of phenolic OH excluding ortho intramolecular Hbond substituents is 1. The van der Waals surface area contributed by atoms with Crippen molar-refractivity contribution in [3.05, 3.63) is 29.3 Å². The van der Waals surface area contributed by atoms with Gasteiger partial charge >= 0.3 is 12.3 Å². The maximum absolute atomic E-state index is 12.6. The number of ether oxygens (including phenoxy) is 1. The molecule has 0 bridgehead atoms. The van der Waals surface area contributed by atoms with Gasteiger partial charge in [0.2, 0.25) is 0 Å². The zero-order valence-electron chi connectivity index (χ0n) is 11.3. The van der Waals surface area contributed by atoms with Crippen LogP contribution in [0.25, 0.3) is 0 Å². The highest BCUT2D eigenvalue weighted by Gasteiger charge is 2.34. The number of halogens is 3. The van der Waals surface area contributed by atoms with Gasteiger partial charge < -0.3 is 15.2 Å². The summed E-state index contributed by atoms with van der Waals surface area (Å²) in [5, 5.41) is 11.5. The topological polar surface area (TPSA) is 58.6 Å². The van der Waals surface area contributed by atoms with Gasteiger partial charge in [-0.15, -0.1) is 0 Å². The van der Waals surface area contributed by atoms with E-state index >= 15 is 0 Å². The van der Waals surface area contributed by atoms with E-state index in [1.807, 2.05) is 0 Å². The van der Waals surface area contributed by atoms with E-state index in [0.717, 1.165) is 12.1 Å². The Hall–Kier alpha value is -1.92. The maximum atomic E-state index is 12.6. The van der Waals surface area contributed by atoms with Crippen LogP contribution in [0.5, 0.6) is 5.75 Å². The Labute approximate surface area is 114 Å². The van der Waals surface area contributed by atoms with Crippen molar-refractivity contribution < 1.29 is 27.8 Å². The fourth-order valence-electron chi connectivity index (χ4n) is 1.41. The average Bonchev–Trinajstić information content (AvgIpc) is 2.24. The fourth-order valence-corrected chi connectivity index (χ4v) is 1.41. The van der Waals surface area contributed by atoms with Crippen molar-refractivity contribution in [2.24, 2.45) is 0 Å². The van der Waals surface area contributed by atoms with Gasteiger partial charge in [-0.2, -0.15) is 13.2 Å². The molecule has 112 valence electrons. The smallest absolute Gasteiger partial charge is 0.419 e. The Morgan fingerprint density at radius 2 is 1.90 bits per heavy atom. The van der Waals surface area contributed by atoms with Crippen molar-refractivity contribution in [2.45, 2.75) is 39.1 Å². The van der Waals surface area contributed by atoms with Crippen molar-refractivity contribution >= 4 is 6.09 Å². The lowest BCUT2D eigenvalue weighted by molar-refractivity contribution is -0.138. The lowest BCUT2D eigenvalue weighted by atomic mass is 10.1. The highest BCUT2D eigenvalue weighted by Crippen LogP contribution is 2.35. The van der Waals surface area contributed by atoms with Crippen LogP contribution < -0.4 is 5.32 Å². The SMILES string of the molecule is CC(C)(C)OC(=O)NCc1ccc(O)c(C(F)(F)F)c1. The third-order valence-electron chi connectivity index (χ3n) is 2.20. The molecule has 0 spiro atoms. The minimum absolute atomic E-state index is 0.127. The first kappa shape index (κ1) is 16.1. The van der Waals surface area contributed by atoms with Gasteiger partial charge in [-0.25, -0.2) is 4.79 Å². The van der Waals surface area contributed by atoms with Crippen molar-refractivity contribution in [2.75, 3.05) is 0 Å². The van der Waals surface area contributed by atoms with Gasteiger partial charge in [0, 0.05) is 6.54 Å². The second-order valence-electron chi connectivity index (χ2n) is 5.20. The molecule has 0 saturated carbocycles. The number of rotatable bonds is 2. The summed E-state index contributed by atoms with van der Waals surface area (Å²) in [5.41, 5.74) is -1.61. The van der Waals surface area contributed by atoms with E-state index in [1.165, 1.54) is 6.07 Å². The number of aromatic hydroxyl groups is 1. The molecule has 1 amide bonds. The van der Waals surface area contributed by atoms with Crippen LogP contribution in [0.1, 0.15) is 31.9 Å². The fraction of sp³-hybridized carbons (Fsp3) is 0.462. The number of carbonyl (C=O) groups excluding carboxylic acids is 1. The summed E-state index contributed by atoms with van der Waals surface area (Å²) in [7, 11) is 0. The van der Waals surface area contributed by atoms with E-state index in [1.54, 1.807) is 20.8 Å². The van der Waals surface area contributed by atoms with Crippen LogP contribution in [0.4, 0.5) is 18.0 Å². The van der Waals surface area contributed by atoms with E-state index < -0.39 is 29.2 Å². The predicted molar refractivity (Wildman–Crippen MR) is 66.2 cm³/mol. The molecule has 1 rings (SSSR count). The third kappa shape index (κ3) is 4.99. The molecule has 1 aromatic carbocycles. The van der Waals surface area contributed by atoms with Gasteiger partial charge in [-0.05, 0) is 38.5 Å². The van der Waals surface area contributed by atoms with Crippen molar-refractivity contribution in [3.63, 3.8) is 0 Å². The number of hydrogen-bond donors (Lipinski definition) is 2. The first-order chi connectivity index (χ1) is 8.99. The zero-order chi connectivity index (χ0) is 15.6. The van der Waals surface area contributed by atoms with E-state index in [4.69, 9.17) is 9.84 Å². The molecule has 7 heteroatoms. The number of amides is 1. The lowest BCUT2D eigenvalue weighted by Gasteiger charge is -2.19. The van der Waals surface area contributed by atoms with Crippen LogP contribution in [-0.2, 0) is 17.5 Å². The number of alkyl carbamates (subject to hydrolysis) is 1. The van der Waals surface area contributed by atoms with Crippen LogP contribution in [0, 0.1) is 0 Å². The molecule has 0 radical (unpaired) electrons. The Balaban J connectivity index is 2.73. The average molecular weight is 291 g/mol. The molecule has 0 aliphatic rings. The Morgan fingerprint density at radius 3 is 2.40 bits per heavy atom. The summed E-state index contributed by atoms with van der Waals surface area (Å²) in [6.07, 6.45) is -5.37. The summed E-state index contributed by atoms with van der Waals surface area (Å²) >= 11 is 0. The molecular formula is C13H16F3NO3. The summed E-state index contributed by atoms with van der Waals surface area (Å²) in [6.45, 7) is 4.90. The minimum atomic E-state index is -4.65. The molecular weight excluding hydrogens is 275 g/mol. The standard InChI is InChI=1S/C13H16F3NO3/c1-12(2,3)20-11(19)17-7-8-4-5-10(18)9(6-8)13(14,15)16/h4-6,18H,7H2,1-3H3,(H,17,19). The number of hydrogen-bond acceptors (Lipinski definition) is 3. The van der Waals surface area contributed by atoms with Crippen LogP contribution in [0.3, 0.4) is 0 Å². The summed E-state index contributed by atoms with van der Waals surface area (Å²) in [6, 6.07) is 3.02. The first-order valence-electron chi connectivity index (χ1n) is 5.85. The van der Waals surface area contributed by atoms with E-state index in [-0.39, 0.29) is 12.1 Å². The number of carbonyl (C=O) groups is 1. The quantitative estimate of drug-likeness (QED) is 0.877. The molecule has 0 aliphatic carbocycles. The molecule has 4 nitrogen and oxygen atoms in total. The van der Waals surface area contributed by atoms with Crippen molar-refractivity contribution in [3.8, 4) is 5.75 Å². The maximum Gasteiger partial charge on any atom is 0.419 e. The van der Waals surface area contributed by atoms with Gasteiger partial charge in [0.25, 0.3) is 0 Å². The second-order valence-corrected chi connectivity index (χ2v) is 5.20. The Morgan fingerprint density at radius 1 is 1.30 bits per heavy atom. The first-order valence-corrected chi connectivity index (χ1v) is 5.85. The van der Waals surface area contributed by atoms with E-state index in [0.29, 0.717) is 0 Å². The molecule has 0 heterocycles. The number of nitrogens with one attached hydrogen (secondary N) is 1. The summed E-state index contributed by atoms with van der Waals surface area (Å²) in [4.78, 5) is 11.4. The molecule has 0 saturated heterocycles. The third-order valence-corrected chi connectivity index (χ3v) is 2.20. The zero-order valence-corrected chi connectivity index (χ0v) is 11.3. The second kappa shape index (κ2) is 5.60. The van der Waals surface area contributed by atoms with Gasteiger partial charge in [0.1, 0.15) is 11.4 Å². The van der Waals surface area contributed by atoms with Crippen molar-refractivity contribution in [1.82, 2.24) is 5.32 Å². The van der Waals surface area contributed by atoms with Gasteiger partial charge in [-0.3, -0.25) is 0 Å². The summed E-state index contributed by atoms with van der Waals surface area (Å²) in [5.74, 6) is -0.849. The van der Waals surface area contributed by atoms with Gasteiger partial charge in [0.15, 0.2) is 0 Å². The lowest BCUT2D eigenvalue weighted by Crippen LogP contribution is -2.32. The molecule has 2 N–H and O–H groups in total. The van der Waals surface area contributed by atoms with Gasteiger partial charge in [0.05, 0.1) is 5.56 Å². The molecule has 20 heavy (non-hydrogen) atoms. The normalized spacial score (nSPS) is 12.1. The van der Waals surface area contributed by atoms with Crippen LogP contribution in [0.2, 0.25) is 0 Å². The number of phenols is 1. The monoisotopic (exact) mass is 291 g/mol. The Kier molecular flexibility index (Phi) is 4.52. The molecule has 0 aliphatic heterocycles. The van der Waals surface area contributed by atoms with Crippen LogP contribution in [-0.4, -0.2) is 16.8 Å². The molecule has 0 fully saturated rings. The van der Waals surface area contributed by atoms with Gasteiger partial charge in [-0.1, -0.05) is 6.07 Å². The molecule has 1 aromatic rings. The summed E-state index contributed by atoms with van der Waals surface area (Å²) < 4.78 is 42.7. The molecule has 0 atom stereocenters. The van der Waals surface area contributed by atoms with Crippen molar-refractivity contribution in [1.29, 1.82) is 0 Å². The largest absolute Gasteiger partial charge is 0.507 e. The Bertz CT molecular complexity index is 493. The highest BCUT2D eigenvalue weighted by molar-refractivity contribution is 5.67.